The summed E-state index contributed by atoms with van der Waals surface area (Å²) in [6.45, 7) is 0. The van der Waals surface area contributed by atoms with Crippen LogP contribution in [0.4, 0.5) is 4.39 Å². The van der Waals surface area contributed by atoms with Crippen LogP contribution in [0.3, 0.4) is 0 Å². The normalized spacial score (nSPS) is 10.9. The Balaban J connectivity index is 2.15. The third-order valence-electron chi connectivity index (χ3n) is 2.76. The maximum Gasteiger partial charge on any atom is 0.172 e. The highest BCUT2D eigenvalue weighted by atomic mass is 79.9. The highest BCUT2D eigenvalue weighted by Crippen LogP contribution is 2.37. The van der Waals surface area contributed by atoms with E-state index in [9.17, 15) is 4.39 Å². The van der Waals surface area contributed by atoms with Gasteiger partial charge in [0.1, 0.15) is 16.1 Å². The van der Waals surface area contributed by atoms with Gasteiger partial charge in [-0.2, -0.15) is 0 Å². The van der Waals surface area contributed by atoms with Crippen LogP contribution in [-0.4, -0.2) is 9.97 Å². The zero-order valence-corrected chi connectivity index (χ0v) is 14.2. The first-order chi connectivity index (χ1) is 10.1. The second kappa shape index (κ2) is 6.01. The lowest BCUT2D eigenvalue weighted by Gasteiger charge is -2.08. The highest BCUT2D eigenvalue weighted by molar-refractivity contribution is 9.11. The number of thiophene rings is 1. The van der Waals surface area contributed by atoms with Crippen LogP contribution >= 0.6 is 50.5 Å². The van der Waals surface area contributed by atoms with Crippen molar-refractivity contribution in [1.82, 2.24) is 9.97 Å². The molecule has 3 aromatic rings. The van der Waals surface area contributed by atoms with Crippen molar-refractivity contribution < 1.29 is 4.39 Å². The quantitative estimate of drug-likeness (QED) is 0.484. The van der Waals surface area contributed by atoms with Crippen molar-refractivity contribution in [1.29, 1.82) is 0 Å². The molecule has 106 valence electrons. The Morgan fingerprint density at radius 3 is 2.24 bits per heavy atom. The molecule has 0 saturated carbocycles. The molecule has 7 heteroatoms. The van der Waals surface area contributed by atoms with Crippen molar-refractivity contribution in [3.05, 3.63) is 56.3 Å². The van der Waals surface area contributed by atoms with Gasteiger partial charge in [-0.1, -0.05) is 41.4 Å². The first-order valence-electron chi connectivity index (χ1n) is 5.80. The Kier molecular flexibility index (Phi) is 4.26. The number of benzene rings is 1. The molecule has 21 heavy (non-hydrogen) atoms. The standard InChI is InChI=1S/C14H6BrCl2FN2S/c15-10-6-5-9(21-10)14-19-12(16)11(13(17)20-14)7-3-1-2-4-8(7)18/h1-6H. The Morgan fingerprint density at radius 2 is 1.67 bits per heavy atom. The van der Waals surface area contributed by atoms with Crippen molar-refractivity contribution in [2.45, 2.75) is 0 Å². The predicted molar refractivity (Wildman–Crippen MR) is 88.5 cm³/mol. The molecule has 0 N–H and O–H groups in total. The molecule has 2 heterocycles. The molecule has 0 aliphatic heterocycles. The summed E-state index contributed by atoms with van der Waals surface area (Å²) in [4.78, 5) is 9.28. The number of halogens is 4. The third kappa shape index (κ3) is 2.97. The molecule has 0 atom stereocenters. The van der Waals surface area contributed by atoms with Gasteiger partial charge in [0.05, 0.1) is 14.2 Å². The van der Waals surface area contributed by atoms with Gasteiger partial charge in [-0.15, -0.1) is 11.3 Å². The molecule has 0 spiro atoms. The molecule has 0 unspecified atom stereocenters. The summed E-state index contributed by atoms with van der Waals surface area (Å²) in [6.07, 6.45) is 0. The zero-order chi connectivity index (χ0) is 15.0. The average Bonchev–Trinajstić information content (AvgIpc) is 2.87. The first kappa shape index (κ1) is 14.9. The molecule has 0 amide bonds. The number of nitrogens with zero attached hydrogens (tertiary/aromatic N) is 2. The summed E-state index contributed by atoms with van der Waals surface area (Å²) >= 11 is 17.2. The van der Waals surface area contributed by atoms with Gasteiger partial charge >= 0.3 is 0 Å². The summed E-state index contributed by atoms with van der Waals surface area (Å²) in [5.74, 6) is -0.00249. The van der Waals surface area contributed by atoms with E-state index >= 15 is 0 Å². The van der Waals surface area contributed by atoms with E-state index in [1.54, 1.807) is 18.2 Å². The van der Waals surface area contributed by atoms with Crippen molar-refractivity contribution in [2.75, 3.05) is 0 Å². The number of hydrogen-bond donors (Lipinski definition) is 0. The molecule has 0 radical (unpaired) electrons. The van der Waals surface area contributed by atoms with Crippen LogP contribution in [-0.2, 0) is 0 Å². The molecule has 2 aromatic heterocycles. The Hall–Kier alpha value is -1.01. The second-order valence-corrected chi connectivity index (χ2v) is 7.27. The van der Waals surface area contributed by atoms with Crippen LogP contribution in [0.1, 0.15) is 0 Å². The van der Waals surface area contributed by atoms with Crippen LogP contribution in [0, 0.1) is 5.82 Å². The minimum absolute atomic E-state index is 0.125. The van der Waals surface area contributed by atoms with Crippen LogP contribution in [0.2, 0.25) is 10.3 Å². The molecule has 2 nitrogen and oxygen atoms in total. The Bertz CT molecular complexity index is 799. The van der Waals surface area contributed by atoms with E-state index in [2.05, 4.69) is 25.9 Å². The third-order valence-corrected chi connectivity index (χ3v) is 4.92. The zero-order valence-electron chi connectivity index (χ0n) is 10.3. The summed E-state index contributed by atoms with van der Waals surface area (Å²) in [5, 5.41) is 0.249. The minimum atomic E-state index is -0.420. The van der Waals surface area contributed by atoms with Gasteiger partial charge < -0.3 is 0 Å². The minimum Gasteiger partial charge on any atom is -0.215 e. The van der Waals surface area contributed by atoms with Gasteiger partial charge in [-0.3, -0.25) is 0 Å². The summed E-state index contributed by atoms with van der Waals surface area (Å²) < 4.78 is 14.8. The Morgan fingerprint density at radius 1 is 1.00 bits per heavy atom. The first-order valence-corrected chi connectivity index (χ1v) is 8.16. The Labute approximate surface area is 142 Å². The molecule has 1 aromatic carbocycles. The summed E-state index contributed by atoms with van der Waals surface area (Å²) in [5.41, 5.74) is 0.585. The van der Waals surface area contributed by atoms with E-state index in [0.717, 1.165) is 8.66 Å². The number of hydrogen-bond acceptors (Lipinski definition) is 3. The van der Waals surface area contributed by atoms with Crippen molar-refractivity contribution >= 4 is 50.5 Å². The summed E-state index contributed by atoms with van der Waals surface area (Å²) in [7, 11) is 0. The SMILES string of the molecule is Fc1ccccc1-c1c(Cl)nc(-c2ccc(Br)s2)nc1Cl. The molecular weight excluding hydrogens is 398 g/mol. The lowest BCUT2D eigenvalue weighted by atomic mass is 10.1. The fourth-order valence-electron chi connectivity index (χ4n) is 1.84. The van der Waals surface area contributed by atoms with Gasteiger partial charge in [-0.05, 0) is 34.1 Å². The molecule has 0 saturated heterocycles. The van der Waals surface area contributed by atoms with Gasteiger partial charge in [0.2, 0.25) is 0 Å². The predicted octanol–water partition coefficient (Wildman–Crippen LogP) is 6.08. The van der Waals surface area contributed by atoms with E-state index in [0.29, 0.717) is 11.4 Å². The van der Waals surface area contributed by atoms with Gasteiger partial charge in [-0.25, -0.2) is 14.4 Å². The second-order valence-electron chi connectivity index (χ2n) is 4.09. The fraction of sp³-hybridized carbons (Fsp3) is 0. The van der Waals surface area contributed by atoms with Crippen molar-refractivity contribution in [2.24, 2.45) is 0 Å². The highest BCUT2D eigenvalue weighted by Gasteiger charge is 2.17. The fourth-order valence-corrected chi connectivity index (χ4v) is 3.75. The van der Waals surface area contributed by atoms with E-state index in [1.807, 2.05) is 12.1 Å². The van der Waals surface area contributed by atoms with E-state index in [1.165, 1.54) is 17.4 Å². The molecule has 0 aliphatic rings. The number of rotatable bonds is 2. The van der Waals surface area contributed by atoms with Crippen LogP contribution in [0.25, 0.3) is 21.8 Å². The number of aromatic nitrogens is 2. The van der Waals surface area contributed by atoms with Gasteiger partial charge in [0.25, 0.3) is 0 Å². The molecule has 0 bridgehead atoms. The van der Waals surface area contributed by atoms with E-state index in [-0.39, 0.29) is 15.9 Å². The molecular formula is C14H6BrCl2FN2S. The summed E-state index contributed by atoms with van der Waals surface area (Å²) in [6, 6.07) is 9.98. The monoisotopic (exact) mass is 402 g/mol. The lowest BCUT2D eigenvalue weighted by Crippen LogP contribution is -1.95. The average molecular weight is 404 g/mol. The molecule has 3 rings (SSSR count). The van der Waals surface area contributed by atoms with Gasteiger partial charge in [0.15, 0.2) is 5.82 Å². The van der Waals surface area contributed by atoms with E-state index in [4.69, 9.17) is 23.2 Å². The molecule has 0 fully saturated rings. The van der Waals surface area contributed by atoms with Gasteiger partial charge in [0, 0.05) is 5.56 Å². The molecule has 0 aliphatic carbocycles. The smallest absolute Gasteiger partial charge is 0.172 e. The van der Waals surface area contributed by atoms with Crippen LogP contribution < -0.4 is 0 Å². The lowest BCUT2D eigenvalue weighted by molar-refractivity contribution is 0.631. The van der Waals surface area contributed by atoms with Crippen molar-refractivity contribution in [3.8, 4) is 21.8 Å². The maximum atomic E-state index is 13.9. The van der Waals surface area contributed by atoms with Crippen LogP contribution in [0.15, 0.2) is 40.2 Å². The largest absolute Gasteiger partial charge is 0.215 e. The van der Waals surface area contributed by atoms with Crippen molar-refractivity contribution in [3.63, 3.8) is 0 Å². The topological polar surface area (TPSA) is 25.8 Å². The van der Waals surface area contributed by atoms with E-state index < -0.39 is 5.82 Å². The van der Waals surface area contributed by atoms with Crippen LogP contribution in [0.5, 0.6) is 0 Å². The maximum absolute atomic E-state index is 13.9.